The van der Waals surface area contributed by atoms with Gasteiger partial charge in [-0.1, -0.05) is 6.07 Å². The van der Waals surface area contributed by atoms with Crippen LogP contribution in [0.4, 0.5) is 4.39 Å². The van der Waals surface area contributed by atoms with E-state index in [1.165, 1.54) is 29.0 Å². The van der Waals surface area contributed by atoms with Crippen molar-refractivity contribution in [2.24, 2.45) is 0 Å². The number of benzene rings is 1. The summed E-state index contributed by atoms with van der Waals surface area (Å²) in [6.07, 6.45) is 1.38. The van der Waals surface area contributed by atoms with Crippen LogP contribution in [0.5, 0.6) is 5.75 Å². The van der Waals surface area contributed by atoms with E-state index in [1.807, 2.05) is 11.4 Å². The van der Waals surface area contributed by atoms with Crippen LogP contribution in [0.15, 0.2) is 35.7 Å². The van der Waals surface area contributed by atoms with Crippen molar-refractivity contribution in [3.05, 3.63) is 52.0 Å². The highest BCUT2D eigenvalue weighted by Gasteiger charge is 2.33. The molecule has 0 aliphatic carbocycles. The van der Waals surface area contributed by atoms with Crippen LogP contribution in [0.1, 0.15) is 22.9 Å². The number of halogens is 1. The fraction of sp³-hybridized carbons (Fsp3) is 0.478. The van der Waals surface area contributed by atoms with E-state index in [1.54, 1.807) is 35.5 Å². The van der Waals surface area contributed by atoms with Crippen molar-refractivity contribution >= 4 is 23.2 Å². The number of hydrogen-bond donors (Lipinski definition) is 0. The van der Waals surface area contributed by atoms with Gasteiger partial charge in [-0.15, -0.1) is 11.3 Å². The van der Waals surface area contributed by atoms with E-state index in [4.69, 9.17) is 14.2 Å². The summed E-state index contributed by atoms with van der Waals surface area (Å²) in [5.74, 6) is -0.357. The summed E-state index contributed by atoms with van der Waals surface area (Å²) in [5.41, 5.74) is 1.04. The maximum Gasteiger partial charge on any atom is 0.249 e. The molecule has 0 radical (unpaired) electrons. The fourth-order valence-corrected chi connectivity index (χ4v) is 4.70. The van der Waals surface area contributed by atoms with E-state index >= 15 is 0 Å². The number of methoxy groups -OCH3 is 2. The van der Waals surface area contributed by atoms with Gasteiger partial charge >= 0.3 is 0 Å². The van der Waals surface area contributed by atoms with Gasteiger partial charge in [-0.2, -0.15) is 0 Å². The quantitative estimate of drug-likeness (QED) is 0.479. The maximum atomic E-state index is 13.5. The molecular weight excluding hydrogens is 435 g/mol. The molecule has 174 valence electrons. The molecule has 3 rings (SSSR count). The van der Waals surface area contributed by atoms with Crippen LogP contribution in [0.2, 0.25) is 0 Å². The van der Waals surface area contributed by atoms with Gasteiger partial charge in [0.15, 0.2) is 0 Å². The number of rotatable bonds is 11. The third-order valence-electron chi connectivity index (χ3n) is 5.34. The number of ether oxygens (including phenoxy) is 3. The minimum atomic E-state index is -0.376. The first-order valence-corrected chi connectivity index (χ1v) is 11.4. The van der Waals surface area contributed by atoms with Crippen LogP contribution >= 0.6 is 11.3 Å². The Morgan fingerprint density at radius 2 is 2.09 bits per heavy atom. The average Bonchev–Trinajstić information content (AvgIpc) is 3.26. The normalized spacial score (nSPS) is 15.3. The molecule has 2 amide bonds. The fourth-order valence-electron chi connectivity index (χ4n) is 3.77. The lowest BCUT2D eigenvalue weighted by atomic mass is 10.0. The third-order valence-corrected chi connectivity index (χ3v) is 6.34. The molecule has 0 bridgehead atoms. The molecular formula is C23H29FN2O5S. The summed E-state index contributed by atoms with van der Waals surface area (Å²) in [4.78, 5) is 30.3. The molecule has 0 saturated carbocycles. The second-order valence-corrected chi connectivity index (χ2v) is 8.52. The first kappa shape index (κ1) is 24.2. The van der Waals surface area contributed by atoms with Gasteiger partial charge < -0.3 is 24.0 Å². The standard InChI is InChI=1S/C23H29FN2O5S/c1-29-11-4-9-25(23(28)16-30-2)14-22(27)26-10-7-21-19(8-12-32-21)20(26)15-31-18-6-3-5-17(24)13-18/h3,5-6,8,12-13,20H,4,7,9-11,14-16H2,1-2H3/t20-/m0/s1. The number of carbonyl (C=O) groups excluding carboxylic acids is 2. The lowest BCUT2D eigenvalue weighted by molar-refractivity contribution is -0.144. The van der Waals surface area contributed by atoms with Gasteiger partial charge in [0.1, 0.15) is 24.8 Å². The number of nitrogens with zero attached hydrogens (tertiary/aromatic N) is 2. The van der Waals surface area contributed by atoms with E-state index in [0.29, 0.717) is 31.9 Å². The van der Waals surface area contributed by atoms with Crippen LogP contribution in [0, 0.1) is 5.82 Å². The molecule has 2 heterocycles. The van der Waals surface area contributed by atoms with Crippen LogP contribution < -0.4 is 4.74 Å². The van der Waals surface area contributed by atoms with Crippen molar-refractivity contribution in [3.63, 3.8) is 0 Å². The number of hydrogen-bond acceptors (Lipinski definition) is 6. The topological polar surface area (TPSA) is 68.3 Å². The Hall–Kier alpha value is -2.49. The largest absolute Gasteiger partial charge is 0.491 e. The van der Waals surface area contributed by atoms with Crippen molar-refractivity contribution in [2.45, 2.75) is 18.9 Å². The summed E-state index contributed by atoms with van der Waals surface area (Å²) >= 11 is 1.66. The zero-order valence-corrected chi connectivity index (χ0v) is 19.2. The molecule has 0 spiro atoms. The minimum Gasteiger partial charge on any atom is -0.491 e. The van der Waals surface area contributed by atoms with Gasteiger partial charge in [0, 0.05) is 44.9 Å². The van der Waals surface area contributed by atoms with Gasteiger partial charge in [-0.25, -0.2) is 4.39 Å². The van der Waals surface area contributed by atoms with Gasteiger partial charge in [0.2, 0.25) is 11.8 Å². The molecule has 0 unspecified atom stereocenters. The molecule has 1 aromatic carbocycles. The Bertz CT molecular complexity index is 906. The molecule has 1 atom stereocenters. The van der Waals surface area contributed by atoms with Crippen LogP contribution in [-0.2, 0) is 25.5 Å². The second kappa shape index (κ2) is 11.9. The van der Waals surface area contributed by atoms with Crippen LogP contribution in [-0.4, -0.2) is 75.3 Å². The molecule has 1 aliphatic rings. The number of amides is 2. The summed E-state index contributed by atoms with van der Waals surface area (Å²) in [6.45, 7) is 1.52. The van der Waals surface area contributed by atoms with Crippen molar-refractivity contribution in [1.82, 2.24) is 9.80 Å². The number of carbonyl (C=O) groups is 2. The average molecular weight is 465 g/mol. The molecule has 1 aromatic heterocycles. The molecule has 2 aromatic rings. The predicted molar refractivity (Wildman–Crippen MR) is 119 cm³/mol. The Kier molecular flexibility index (Phi) is 9.01. The van der Waals surface area contributed by atoms with Gasteiger partial charge in [0.05, 0.1) is 12.6 Å². The number of fused-ring (bicyclic) bond motifs is 1. The summed E-state index contributed by atoms with van der Waals surface area (Å²) in [5, 5.41) is 2.01. The van der Waals surface area contributed by atoms with Crippen molar-refractivity contribution in [3.8, 4) is 5.75 Å². The van der Waals surface area contributed by atoms with E-state index in [0.717, 1.165) is 12.0 Å². The van der Waals surface area contributed by atoms with E-state index in [-0.39, 0.29) is 43.4 Å². The van der Waals surface area contributed by atoms with Crippen LogP contribution in [0.3, 0.4) is 0 Å². The summed E-state index contributed by atoms with van der Waals surface area (Å²) < 4.78 is 29.4. The van der Waals surface area contributed by atoms with Crippen molar-refractivity contribution < 1.29 is 28.2 Å². The van der Waals surface area contributed by atoms with Gasteiger partial charge in [-0.3, -0.25) is 9.59 Å². The summed E-state index contributed by atoms with van der Waals surface area (Å²) in [7, 11) is 3.05. The van der Waals surface area contributed by atoms with Crippen molar-refractivity contribution in [1.29, 1.82) is 0 Å². The maximum absolute atomic E-state index is 13.5. The molecule has 1 aliphatic heterocycles. The van der Waals surface area contributed by atoms with E-state index in [9.17, 15) is 14.0 Å². The highest BCUT2D eigenvalue weighted by molar-refractivity contribution is 7.10. The molecule has 32 heavy (non-hydrogen) atoms. The lowest BCUT2D eigenvalue weighted by Gasteiger charge is -2.37. The zero-order chi connectivity index (χ0) is 22.9. The first-order chi connectivity index (χ1) is 15.5. The van der Waals surface area contributed by atoms with E-state index < -0.39 is 0 Å². The first-order valence-electron chi connectivity index (χ1n) is 10.5. The Labute approximate surface area is 191 Å². The third kappa shape index (κ3) is 6.27. The second-order valence-electron chi connectivity index (χ2n) is 7.52. The van der Waals surface area contributed by atoms with Crippen molar-refractivity contribution in [2.75, 3.05) is 53.7 Å². The molecule has 0 fully saturated rings. The SMILES string of the molecule is COCCCN(CC(=O)N1CCc2sccc2[C@@H]1COc1cccc(F)c1)C(=O)COC. The molecule has 0 saturated heterocycles. The van der Waals surface area contributed by atoms with Crippen LogP contribution in [0.25, 0.3) is 0 Å². The minimum absolute atomic E-state index is 0.0398. The molecule has 7 nitrogen and oxygen atoms in total. The number of thiophene rings is 1. The smallest absolute Gasteiger partial charge is 0.249 e. The molecule has 0 N–H and O–H groups in total. The summed E-state index contributed by atoms with van der Waals surface area (Å²) in [6, 6.07) is 7.65. The lowest BCUT2D eigenvalue weighted by Crippen LogP contribution is -2.48. The highest BCUT2D eigenvalue weighted by Crippen LogP contribution is 2.34. The van der Waals surface area contributed by atoms with Gasteiger partial charge in [0.25, 0.3) is 0 Å². The zero-order valence-electron chi connectivity index (χ0n) is 18.4. The van der Waals surface area contributed by atoms with E-state index in [2.05, 4.69) is 0 Å². The molecule has 9 heteroatoms. The van der Waals surface area contributed by atoms with Gasteiger partial charge in [-0.05, 0) is 42.0 Å². The monoisotopic (exact) mass is 464 g/mol. The predicted octanol–water partition coefficient (Wildman–Crippen LogP) is 2.90. The highest BCUT2D eigenvalue weighted by atomic mass is 32.1. The Morgan fingerprint density at radius 3 is 2.84 bits per heavy atom. The Balaban J connectivity index is 1.73. The Morgan fingerprint density at radius 1 is 1.25 bits per heavy atom.